The summed E-state index contributed by atoms with van der Waals surface area (Å²) in [6, 6.07) is 7.57. The molecule has 0 radical (unpaired) electrons. The topological polar surface area (TPSA) is 101 Å². The molecule has 142 valence electrons. The Bertz CT molecular complexity index is 1240. The number of nitrogens with one attached hydrogen (secondary N) is 2. The highest BCUT2D eigenvalue weighted by Crippen LogP contribution is 2.24. The maximum absolute atomic E-state index is 13.6. The van der Waals surface area contributed by atoms with Crippen LogP contribution in [0.2, 0.25) is 5.02 Å². The van der Waals surface area contributed by atoms with Crippen molar-refractivity contribution in [1.82, 2.24) is 30.2 Å². The van der Waals surface area contributed by atoms with Gasteiger partial charge in [0.25, 0.3) is 5.56 Å². The number of fused-ring (bicyclic) bond motifs is 1. The van der Waals surface area contributed by atoms with E-state index < -0.39 is 5.82 Å². The number of nitrogens with zero attached hydrogens (tertiary/aromatic N) is 5. The number of aryl methyl sites for hydroxylation is 1. The second kappa shape index (κ2) is 7.01. The van der Waals surface area contributed by atoms with Crippen LogP contribution in [0, 0.1) is 12.7 Å². The van der Waals surface area contributed by atoms with Gasteiger partial charge < -0.3 is 10.3 Å². The van der Waals surface area contributed by atoms with Crippen molar-refractivity contribution in [2.24, 2.45) is 0 Å². The lowest BCUT2D eigenvalue weighted by Crippen LogP contribution is -2.20. The first-order chi connectivity index (χ1) is 13.4. The molecule has 0 aliphatic heterocycles. The summed E-state index contributed by atoms with van der Waals surface area (Å²) in [6.07, 6.45) is 1.62. The van der Waals surface area contributed by atoms with E-state index in [4.69, 9.17) is 11.6 Å². The third-order valence-corrected chi connectivity index (χ3v) is 4.65. The van der Waals surface area contributed by atoms with E-state index in [0.29, 0.717) is 28.1 Å². The van der Waals surface area contributed by atoms with Crippen molar-refractivity contribution < 1.29 is 4.39 Å². The standard InChI is InChI=1S/C18H15ClFN7O/c1-9(13-5-11-6-14(19)15(20)8-16(11)23-18(13)28)22-17-7-12(3-4-21-17)27-10(2)24-25-26-27/h3-9H,1-2H3,(H,21,22)(H,23,28)/t9-/m0/s1. The van der Waals surface area contributed by atoms with Gasteiger partial charge in [0.05, 0.1) is 22.3 Å². The third-order valence-electron chi connectivity index (χ3n) is 4.36. The molecule has 0 saturated heterocycles. The summed E-state index contributed by atoms with van der Waals surface area (Å²) in [5.41, 5.74) is 1.28. The van der Waals surface area contributed by atoms with E-state index in [-0.39, 0.29) is 16.6 Å². The predicted octanol–water partition coefficient (Wildman–Crippen LogP) is 3.17. The Morgan fingerprint density at radius 2 is 2.11 bits per heavy atom. The minimum Gasteiger partial charge on any atom is -0.363 e. The van der Waals surface area contributed by atoms with Crippen LogP contribution < -0.4 is 10.9 Å². The number of pyridine rings is 2. The van der Waals surface area contributed by atoms with Gasteiger partial charge in [-0.2, -0.15) is 4.68 Å². The van der Waals surface area contributed by atoms with Gasteiger partial charge in [-0.25, -0.2) is 9.37 Å². The molecule has 4 rings (SSSR count). The molecule has 28 heavy (non-hydrogen) atoms. The Kier molecular flexibility index (Phi) is 4.52. The van der Waals surface area contributed by atoms with Crippen LogP contribution in [0.4, 0.5) is 10.2 Å². The van der Waals surface area contributed by atoms with Gasteiger partial charge in [0.15, 0.2) is 5.82 Å². The zero-order valence-electron chi connectivity index (χ0n) is 14.9. The molecule has 0 bridgehead atoms. The van der Waals surface area contributed by atoms with Crippen molar-refractivity contribution in [3.8, 4) is 5.69 Å². The van der Waals surface area contributed by atoms with E-state index in [9.17, 15) is 9.18 Å². The molecule has 10 heteroatoms. The maximum atomic E-state index is 13.6. The highest BCUT2D eigenvalue weighted by Gasteiger charge is 2.14. The summed E-state index contributed by atoms with van der Waals surface area (Å²) >= 11 is 5.86. The predicted molar refractivity (Wildman–Crippen MR) is 103 cm³/mol. The quantitative estimate of drug-likeness (QED) is 0.546. The molecule has 3 heterocycles. The van der Waals surface area contributed by atoms with E-state index in [1.165, 1.54) is 12.1 Å². The molecule has 0 saturated carbocycles. The van der Waals surface area contributed by atoms with Gasteiger partial charge in [0.2, 0.25) is 0 Å². The molecular formula is C18H15ClFN7O. The lowest BCUT2D eigenvalue weighted by atomic mass is 10.1. The first-order valence-corrected chi connectivity index (χ1v) is 8.80. The third kappa shape index (κ3) is 3.31. The van der Waals surface area contributed by atoms with Crippen molar-refractivity contribution >= 4 is 28.3 Å². The molecule has 0 amide bonds. The summed E-state index contributed by atoms with van der Waals surface area (Å²) in [6.45, 7) is 3.62. The zero-order valence-corrected chi connectivity index (χ0v) is 15.7. The van der Waals surface area contributed by atoms with Gasteiger partial charge in [-0.05, 0) is 48.5 Å². The van der Waals surface area contributed by atoms with Crippen LogP contribution in [0.3, 0.4) is 0 Å². The molecule has 4 aromatic rings. The van der Waals surface area contributed by atoms with E-state index >= 15 is 0 Å². The van der Waals surface area contributed by atoms with Crippen molar-refractivity contribution in [2.75, 3.05) is 5.32 Å². The Labute approximate surface area is 163 Å². The SMILES string of the molecule is Cc1nnnn1-c1ccnc(N[C@@H](C)c2cc3cc(Cl)c(F)cc3[nH]c2=O)c1. The van der Waals surface area contributed by atoms with Crippen LogP contribution in [0.5, 0.6) is 0 Å². The minimum absolute atomic E-state index is 0.00251. The van der Waals surface area contributed by atoms with Gasteiger partial charge in [-0.3, -0.25) is 4.79 Å². The van der Waals surface area contributed by atoms with Crippen LogP contribution in [0.25, 0.3) is 16.6 Å². The number of aromatic nitrogens is 6. The fourth-order valence-corrected chi connectivity index (χ4v) is 3.11. The van der Waals surface area contributed by atoms with Crippen molar-refractivity contribution in [3.05, 3.63) is 69.1 Å². The van der Waals surface area contributed by atoms with Crippen LogP contribution in [-0.4, -0.2) is 30.2 Å². The van der Waals surface area contributed by atoms with E-state index in [2.05, 4.69) is 30.8 Å². The number of H-pyrrole nitrogens is 1. The van der Waals surface area contributed by atoms with Crippen LogP contribution in [-0.2, 0) is 0 Å². The monoisotopic (exact) mass is 399 g/mol. The highest BCUT2D eigenvalue weighted by atomic mass is 35.5. The lowest BCUT2D eigenvalue weighted by molar-refractivity contribution is 0.629. The Morgan fingerprint density at radius 3 is 2.86 bits per heavy atom. The highest BCUT2D eigenvalue weighted by molar-refractivity contribution is 6.31. The van der Waals surface area contributed by atoms with Gasteiger partial charge in [-0.15, -0.1) is 5.10 Å². The van der Waals surface area contributed by atoms with Crippen molar-refractivity contribution in [2.45, 2.75) is 19.9 Å². The van der Waals surface area contributed by atoms with Gasteiger partial charge in [-0.1, -0.05) is 11.6 Å². The summed E-state index contributed by atoms with van der Waals surface area (Å²) in [5.74, 6) is 0.611. The molecule has 1 atom stereocenters. The van der Waals surface area contributed by atoms with Crippen molar-refractivity contribution in [1.29, 1.82) is 0 Å². The van der Waals surface area contributed by atoms with Gasteiger partial charge in [0.1, 0.15) is 11.6 Å². The molecular weight excluding hydrogens is 385 g/mol. The fourth-order valence-electron chi connectivity index (χ4n) is 2.94. The molecule has 2 N–H and O–H groups in total. The van der Waals surface area contributed by atoms with Crippen LogP contribution >= 0.6 is 11.6 Å². The number of hydrogen-bond donors (Lipinski definition) is 2. The smallest absolute Gasteiger partial charge is 0.253 e. The number of anilines is 1. The second-order valence-corrected chi connectivity index (χ2v) is 6.72. The molecule has 1 aromatic carbocycles. The second-order valence-electron chi connectivity index (χ2n) is 6.31. The Morgan fingerprint density at radius 1 is 1.29 bits per heavy atom. The fraction of sp³-hybridized carbons (Fsp3) is 0.167. The number of rotatable bonds is 4. The Balaban J connectivity index is 1.66. The number of benzene rings is 1. The molecule has 3 aromatic heterocycles. The van der Waals surface area contributed by atoms with Crippen LogP contribution in [0.15, 0.2) is 41.3 Å². The van der Waals surface area contributed by atoms with Crippen LogP contribution in [0.1, 0.15) is 24.4 Å². The largest absolute Gasteiger partial charge is 0.363 e. The molecule has 8 nitrogen and oxygen atoms in total. The average Bonchev–Trinajstić information content (AvgIpc) is 3.09. The minimum atomic E-state index is -0.581. The summed E-state index contributed by atoms with van der Waals surface area (Å²) < 4.78 is 15.2. The molecule has 0 fully saturated rings. The molecule has 0 aliphatic carbocycles. The first kappa shape index (κ1) is 18.1. The van der Waals surface area contributed by atoms with E-state index in [1.54, 1.807) is 36.0 Å². The average molecular weight is 400 g/mol. The molecule has 0 spiro atoms. The number of halogens is 2. The van der Waals surface area contributed by atoms with Gasteiger partial charge in [0, 0.05) is 23.2 Å². The van der Waals surface area contributed by atoms with E-state index in [0.717, 1.165) is 5.69 Å². The maximum Gasteiger partial charge on any atom is 0.253 e. The summed E-state index contributed by atoms with van der Waals surface area (Å²) in [7, 11) is 0. The van der Waals surface area contributed by atoms with Crippen molar-refractivity contribution in [3.63, 3.8) is 0 Å². The Hall–Kier alpha value is -3.33. The molecule has 0 aliphatic rings. The number of tetrazole rings is 1. The zero-order chi connectivity index (χ0) is 19.8. The summed E-state index contributed by atoms with van der Waals surface area (Å²) in [5, 5.41) is 15.3. The van der Waals surface area contributed by atoms with Gasteiger partial charge >= 0.3 is 0 Å². The van der Waals surface area contributed by atoms with E-state index in [1.807, 2.05) is 6.92 Å². The number of aromatic amines is 1. The normalized spacial score (nSPS) is 12.3. The number of hydrogen-bond acceptors (Lipinski definition) is 6. The summed E-state index contributed by atoms with van der Waals surface area (Å²) in [4.78, 5) is 19.4. The lowest BCUT2D eigenvalue weighted by Gasteiger charge is -2.15. The molecule has 0 unspecified atom stereocenters. The first-order valence-electron chi connectivity index (χ1n) is 8.42.